The summed E-state index contributed by atoms with van der Waals surface area (Å²) in [5.41, 5.74) is 3.25. The van der Waals surface area contributed by atoms with E-state index in [4.69, 9.17) is 5.84 Å². The van der Waals surface area contributed by atoms with Crippen LogP contribution < -0.4 is 11.3 Å². The second-order valence-electron chi connectivity index (χ2n) is 3.58. The molecule has 0 fully saturated rings. The Labute approximate surface area is 104 Å². The van der Waals surface area contributed by atoms with Crippen molar-refractivity contribution >= 4 is 15.9 Å². The second-order valence-corrected chi connectivity index (χ2v) is 4.44. The summed E-state index contributed by atoms with van der Waals surface area (Å²) >= 11 is 3.17. The smallest absolute Gasteiger partial charge is 0.142 e. The summed E-state index contributed by atoms with van der Waals surface area (Å²) in [6, 6.07) is 5.08. The van der Waals surface area contributed by atoms with Gasteiger partial charge in [-0.25, -0.2) is 4.39 Å². The lowest BCUT2D eigenvalue weighted by atomic mass is 10.0. The average Bonchev–Trinajstić information content (AvgIpc) is 2.29. The van der Waals surface area contributed by atoms with Crippen LogP contribution in [0.3, 0.4) is 0 Å². The lowest BCUT2D eigenvalue weighted by molar-refractivity contribution is 0.472. The van der Waals surface area contributed by atoms with E-state index in [0.29, 0.717) is 10.0 Å². The standard InChI is InChI=1S/C12H16BrFN2/c1-2-3-4-8-11(16-15)9-6-5-7-10(13)12(9)14/h2,5-7,11,16H,1,3-4,8,15H2. The number of nitrogens with two attached hydrogens (primary N) is 1. The van der Waals surface area contributed by atoms with Crippen molar-refractivity contribution in [2.24, 2.45) is 5.84 Å². The largest absolute Gasteiger partial charge is 0.271 e. The van der Waals surface area contributed by atoms with Crippen LogP contribution in [0.4, 0.5) is 4.39 Å². The molecule has 0 aliphatic heterocycles. The normalized spacial score (nSPS) is 12.4. The first-order chi connectivity index (χ1) is 7.70. The maximum atomic E-state index is 13.8. The number of hydrazine groups is 1. The third kappa shape index (κ3) is 3.40. The van der Waals surface area contributed by atoms with E-state index < -0.39 is 0 Å². The molecule has 0 aliphatic rings. The molecule has 1 atom stereocenters. The molecule has 88 valence electrons. The Kier molecular flexibility index (Phi) is 5.66. The van der Waals surface area contributed by atoms with Gasteiger partial charge >= 0.3 is 0 Å². The van der Waals surface area contributed by atoms with Gasteiger partial charge in [-0.3, -0.25) is 11.3 Å². The molecule has 0 saturated carbocycles. The fourth-order valence-corrected chi connectivity index (χ4v) is 1.97. The first-order valence-electron chi connectivity index (χ1n) is 5.21. The third-order valence-electron chi connectivity index (χ3n) is 2.46. The van der Waals surface area contributed by atoms with Gasteiger partial charge in [-0.05, 0) is 41.3 Å². The highest BCUT2D eigenvalue weighted by Gasteiger charge is 2.15. The molecule has 0 radical (unpaired) electrons. The van der Waals surface area contributed by atoms with Crippen LogP contribution in [-0.2, 0) is 0 Å². The molecule has 1 aromatic carbocycles. The fraction of sp³-hybridized carbons (Fsp3) is 0.333. The molecule has 0 spiro atoms. The molecule has 0 amide bonds. The number of halogens is 2. The lowest BCUT2D eigenvalue weighted by Gasteiger charge is -2.17. The lowest BCUT2D eigenvalue weighted by Crippen LogP contribution is -2.28. The highest BCUT2D eigenvalue weighted by Crippen LogP contribution is 2.26. The molecular formula is C12H16BrFN2. The SMILES string of the molecule is C=CCCCC(NN)c1cccc(Br)c1F. The van der Waals surface area contributed by atoms with Crippen molar-refractivity contribution in [1.29, 1.82) is 0 Å². The summed E-state index contributed by atoms with van der Waals surface area (Å²) in [5.74, 6) is 5.20. The first kappa shape index (κ1) is 13.4. The van der Waals surface area contributed by atoms with Crippen LogP contribution in [0.2, 0.25) is 0 Å². The van der Waals surface area contributed by atoms with Gasteiger partial charge in [0.25, 0.3) is 0 Å². The summed E-state index contributed by atoms with van der Waals surface area (Å²) in [5, 5.41) is 0. The van der Waals surface area contributed by atoms with Crippen LogP contribution in [-0.4, -0.2) is 0 Å². The molecule has 0 saturated heterocycles. The van der Waals surface area contributed by atoms with Gasteiger partial charge in [0.15, 0.2) is 0 Å². The molecule has 0 bridgehead atoms. The Morgan fingerprint density at radius 1 is 1.56 bits per heavy atom. The quantitative estimate of drug-likeness (QED) is 0.364. The van der Waals surface area contributed by atoms with E-state index in [1.807, 2.05) is 6.08 Å². The molecular weight excluding hydrogens is 271 g/mol. The molecule has 0 aliphatic carbocycles. The van der Waals surface area contributed by atoms with Gasteiger partial charge in [0.1, 0.15) is 5.82 Å². The zero-order chi connectivity index (χ0) is 12.0. The number of nitrogens with one attached hydrogen (secondary N) is 1. The van der Waals surface area contributed by atoms with Gasteiger partial charge in [-0.1, -0.05) is 18.2 Å². The zero-order valence-corrected chi connectivity index (χ0v) is 10.6. The highest BCUT2D eigenvalue weighted by atomic mass is 79.9. The topological polar surface area (TPSA) is 38.0 Å². The number of benzene rings is 1. The van der Waals surface area contributed by atoms with Gasteiger partial charge < -0.3 is 0 Å². The number of allylic oxidation sites excluding steroid dienone is 1. The Morgan fingerprint density at radius 2 is 2.31 bits per heavy atom. The van der Waals surface area contributed by atoms with E-state index in [9.17, 15) is 4.39 Å². The minimum absolute atomic E-state index is 0.155. The fourth-order valence-electron chi connectivity index (χ4n) is 1.58. The van der Waals surface area contributed by atoms with Gasteiger partial charge in [0.05, 0.1) is 4.47 Å². The molecule has 1 rings (SSSR count). The van der Waals surface area contributed by atoms with Crippen molar-refractivity contribution in [1.82, 2.24) is 5.43 Å². The van der Waals surface area contributed by atoms with Crippen molar-refractivity contribution in [3.8, 4) is 0 Å². The maximum Gasteiger partial charge on any atom is 0.142 e. The third-order valence-corrected chi connectivity index (χ3v) is 3.07. The number of unbranched alkanes of at least 4 members (excludes halogenated alkanes) is 1. The molecule has 16 heavy (non-hydrogen) atoms. The van der Waals surface area contributed by atoms with Crippen molar-refractivity contribution in [3.63, 3.8) is 0 Å². The molecule has 0 heterocycles. The highest BCUT2D eigenvalue weighted by molar-refractivity contribution is 9.10. The van der Waals surface area contributed by atoms with Crippen LogP contribution in [0.1, 0.15) is 30.9 Å². The number of rotatable bonds is 6. The molecule has 1 aromatic rings. The second kappa shape index (κ2) is 6.78. The first-order valence-corrected chi connectivity index (χ1v) is 6.01. The summed E-state index contributed by atoms with van der Waals surface area (Å²) in [6.07, 6.45) is 4.48. The summed E-state index contributed by atoms with van der Waals surface area (Å²) in [7, 11) is 0. The van der Waals surface area contributed by atoms with Crippen LogP contribution in [0.15, 0.2) is 35.3 Å². The average molecular weight is 287 g/mol. The monoisotopic (exact) mass is 286 g/mol. The summed E-state index contributed by atoms with van der Waals surface area (Å²) in [4.78, 5) is 0. The van der Waals surface area contributed by atoms with Gasteiger partial charge in [-0.15, -0.1) is 6.58 Å². The van der Waals surface area contributed by atoms with E-state index >= 15 is 0 Å². The van der Waals surface area contributed by atoms with Gasteiger partial charge in [0, 0.05) is 11.6 Å². The van der Waals surface area contributed by atoms with Crippen LogP contribution >= 0.6 is 15.9 Å². The zero-order valence-electron chi connectivity index (χ0n) is 9.05. The van der Waals surface area contributed by atoms with Crippen LogP contribution in [0, 0.1) is 5.82 Å². The Balaban J connectivity index is 2.78. The van der Waals surface area contributed by atoms with E-state index in [1.54, 1.807) is 18.2 Å². The molecule has 3 N–H and O–H groups in total. The van der Waals surface area contributed by atoms with Crippen molar-refractivity contribution in [2.45, 2.75) is 25.3 Å². The number of hydrogen-bond acceptors (Lipinski definition) is 2. The van der Waals surface area contributed by atoms with Crippen LogP contribution in [0.5, 0.6) is 0 Å². The van der Waals surface area contributed by atoms with E-state index in [1.165, 1.54) is 0 Å². The predicted octanol–water partition coefficient (Wildman–Crippen LogP) is 3.45. The summed E-state index contributed by atoms with van der Waals surface area (Å²) < 4.78 is 14.3. The molecule has 1 unspecified atom stereocenters. The Bertz CT molecular complexity index is 355. The van der Waals surface area contributed by atoms with Crippen molar-refractivity contribution < 1.29 is 4.39 Å². The van der Waals surface area contributed by atoms with Gasteiger partial charge in [-0.2, -0.15) is 0 Å². The van der Waals surface area contributed by atoms with E-state index in [-0.39, 0.29) is 11.9 Å². The van der Waals surface area contributed by atoms with Gasteiger partial charge in [0.2, 0.25) is 0 Å². The van der Waals surface area contributed by atoms with Crippen molar-refractivity contribution in [3.05, 3.63) is 46.7 Å². The van der Waals surface area contributed by atoms with E-state index in [2.05, 4.69) is 27.9 Å². The van der Waals surface area contributed by atoms with Crippen molar-refractivity contribution in [2.75, 3.05) is 0 Å². The Hall–Kier alpha value is -0.710. The minimum Gasteiger partial charge on any atom is -0.271 e. The molecule has 2 nitrogen and oxygen atoms in total. The maximum absolute atomic E-state index is 13.8. The van der Waals surface area contributed by atoms with Crippen LogP contribution in [0.25, 0.3) is 0 Å². The predicted molar refractivity (Wildman–Crippen MR) is 68.2 cm³/mol. The van der Waals surface area contributed by atoms with E-state index in [0.717, 1.165) is 19.3 Å². The Morgan fingerprint density at radius 3 is 2.94 bits per heavy atom. The molecule has 4 heteroatoms. The molecule has 0 aromatic heterocycles. The minimum atomic E-state index is -0.246. The number of hydrogen-bond donors (Lipinski definition) is 2. The summed E-state index contributed by atoms with van der Waals surface area (Å²) in [6.45, 7) is 3.65.